The number of hydrogen-bond acceptors (Lipinski definition) is 4. The number of benzene rings is 2. The molecule has 0 saturated carbocycles. The quantitative estimate of drug-likeness (QED) is 0.454. The third-order valence-electron chi connectivity index (χ3n) is 4.06. The van der Waals surface area contributed by atoms with Crippen LogP contribution < -0.4 is 0 Å². The van der Waals surface area contributed by atoms with Crippen LogP contribution in [0.4, 0.5) is 0 Å². The smallest absolute Gasteiger partial charge is 0.181 e. The van der Waals surface area contributed by atoms with E-state index in [4.69, 9.17) is 4.42 Å². The van der Waals surface area contributed by atoms with Crippen LogP contribution in [0, 0.1) is 0 Å². The Hall–Kier alpha value is -3.27. The van der Waals surface area contributed by atoms with Crippen molar-refractivity contribution in [2.24, 2.45) is 0 Å². The highest BCUT2D eigenvalue weighted by molar-refractivity contribution is 6.08. The summed E-state index contributed by atoms with van der Waals surface area (Å²) >= 11 is 0. The van der Waals surface area contributed by atoms with Gasteiger partial charge in [0.1, 0.15) is 28.8 Å². The third-order valence-corrected chi connectivity index (χ3v) is 4.06. The number of hydrogen-bond donors (Lipinski definition) is 0. The Morgan fingerprint density at radius 2 is 1.52 bits per heavy atom. The molecule has 108 valence electrons. The van der Waals surface area contributed by atoms with Crippen LogP contribution in [0.1, 0.15) is 0 Å². The maximum absolute atomic E-state index is 6.02. The number of para-hydroxylation sites is 1. The van der Waals surface area contributed by atoms with Crippen molar-refractivity contribution in [3.8, 4) is 11.4 Å². The topological polar surface area (TPSA) is 51.8 Å². The monoisotopic (exact) mass is 297 g/mol. The summed E-state index contributed by atoms with van der Waals surface area (Å²) in [6.45, 7) is 0. The molecule has 0 aliphatic heterocycles. The van der Waals surface area contributed by atoms with Crippen LogP contribution in [0.25, 0.3) is 44.2 Å². The van der Waals surface area contributed by atoms with Crippen molar-refractivity contribution in [2.45, 2.75) is 0 Å². The largest absolute Gasteiger partial charge is 0.452 e. The zero-order valence-corrected chi connectivity index (χ0v) is 12.1. The molecule has 23 heavy (non-hydrogen) atoms. The van der Waals surface area contributed by atoms with Gasteiger partial charge in [-0.2, -0.15) is 0 Å². The number of nitrogens with zero attached hydrogens (tertiary/aromatic N) is 3. The average molecular weight is 297 g/mol. The highest BCUT2D eigenvalue weighted by Gasteiger charge is 2.16. The minimum Gasteiger partial charge on any atom is -0.452 e. The van der Waals surface area contributed by atoms with E-state index in [2.05, 4.69) is 21.0 Å². The minimum absolute atomic E-state index is 0.678. The van der Waals surface area contributed by atoms with Gasteiger partial charge >= 0.3 is 0 Å². The Bertz CT molecular complexity index is 1170. The van der Waals surface area contributed by atoms with E-state index in [-0.39, 0.29) is 0 Å². The lowest BCUT2D eigenvalue weighted by Gasteiger charge is -2.04. The van der Waals surface area contributed by atoms with Crippen molar-refractivity contribution in [2.75, 3.05) is 0 Å². The van der Waals surface area contributed by atoms with Crippen LogP contribution in [0.2, 0.25) is 0 Å². The van der Waals surface area contributed by atoms with Gasteiger partial charge in [0.25, 0.3) is 0 Å². The van der Waals surface area contributed by atoms with Gasteiger partial charge < -0.3 is 4.42 Å². The lowest BCUT2D eigenvalue weighted by atomic mass is 10.1. The molecule has 4 heteroatoms. The summed E-state index contributed by atoms with van der Waals surface area (Å²) in [4.78, 5) is 13.4. The van der Waals surface area contributed by atoms with Crippen molar-refractivity contribution >= 4 is 32.8 Å². The fraction of sp³-hybridized carbons (Fsp3) is 0. The van der Waals surface area contributed by atoms with Crippen molar-refractivity contribution in [1.29, 1.82) is 0 Å². The second-order valence-electron chi connectivity index (χ2n) is 5.38. The molecule has 0 amide bonds. The molecule has 5 rings (SSSR count). The minimum atomic E-state index is 0.678. The molecule has 0 N–H and O–H groups in total. The molecule has 4 nitrogen and oxygen atoms in total. The number of aromatic nitrogens is 3. The first-order chi connectivity index (χ1) is 11.4. The van der Waals surface area contributed by atoms with Gasteiger partial charge in [0.15, 0.2) is 5.58 Å². The Kier molecular flexibility index (Phi) is 2.46. The van der Waals surface area contributed by atoms with Gasteiger partial charge in [-0.15, -0.1) is 0 Å². The van der Waals surface area contributed by atoms with E-state index < -0.39 is 0 Å². The van der Waals surface area contributed by atoms with Crippen LogP contribution in [0.3, 0.4) is 0 Å². The second-order valence-corrected chi connectivity index (χ2v) is 5.38. The standard InChI is InChI=1S/C19H11N3O/c1-2-6-13-12(5-1)9-10-20-16(13)18-19-17(21-11-22-18)14-7-3-4-8-15(14)23-19/h1-11H. The summed E-state index contributed by atoms with van der Waals surface area (Å²) in [5.41, 5.74) is 3.85. The molecule has 0 radical (unpaired) electrons. The maximum Gasteiger partial charge on any atom is 0.181 e. The zero-order chi connectivity index (χ0) is 15.2. The van der Waals surface area contributed by atoms with Crippen molar-refractivity contribution in [1.82, 2.24) is 15.0 Å². The molecule has 0 saturated heterocycles. The normalized spacial score (nSPS) is 11.5. The van der Waals surface area contributed by atoms with Crippen LogP contribution in [-0.4, -0.2) is 15.0 Å². The molecule has 0 unspecified atom stereocenters. The molecule has 0 spiro atoms. The summed E-state index contributed by atoms with van der Waals surface area (Å²) in [5.74, 6) is 0. The number of pyridine rings is 1. The predicted octanol–water partition coefficient (Wildman–Crippen LogP) is 4.59. The average Bonchev–Trinajstić information content (AvgIpc) is 3.00. The first kappa shape index (κ1) is 12.3. The highest BCUT2D eigenvalue weighted by Crippen LogP contribution is 2.34. The van der Waals surface area contributed by atoms with Crippen LogP contribution in [0.15, 0.2) is 71.5 Å². The molecule has 0 atom stereocenters. The second kappa shape index (κ2) is 4.61. The summed E-state index contributed by atoms with van der Waals surface area (Å²) in [6.07, 6.45) is 3.37. The summed E-state index contributed by atoms with van der Waals surface area (Å²) in [5, 5.41) is 3.17. The van der Waals surface area contributed by atoms with Crippen molar-refractivity contribution in [3.05, 3.63) is 67.1 Å². The van der Waals surface area contributed by atoms with Crippen LogP contribution in [-0.2, 0) is 0 Å². The summed E-state index contributed by atoms with van der Waals surface area (Å²) < 4.78 is 6.02. The highest BCUT2D eigenvalue weighted by atomic mass is 16.3. The van der Waals surface area contributed by atoms with Gasteiger partial charge in [-0.25, -0.2) is 9.97 Å². The van der Waals surface area contributed by atoms with E-state index in [0.29, 0.717) is 5.58 Å². The Balaban J connectivity index is 1.93. The van der Waals surface area contributed by atoms with Gasteiger partial charge in [0, 0.05) is 17.0 Å². The summed E-state index contributed by atoms with van der Waals surface area (Å²) in [7, 11) is 0. The number of furan rings is 1. The Morgan fingerprint density at radius 1 is 0.696 bits per heavy atom. The van der Waals surface area contributed by atoms with Crippen molar-refractivity contribution in [3.63, 3.8) is 0 Å². The van der Waals surface area contributed by atoms with Gasteiger partial charge in [0.05, 0.1) is 0 Å². The van der Waals surface area contributed by atoms with E-state index >= 15 is 0 Å². The maximum atomic E-state index is 6.02. The molecule has 5 aromatic rings. The van der Waals surface area contributed by atoms with Crippen LogP contribution in [0.5, 0.6) is 0 Å². The third kappa shape index (κ3) is 1.75. The zero-order valence-electron chi connectivity index (χ0n) is 12.1. The van der Waals surface area contributed by atoms with Gasteiger partial charge in [-0.1, -0.05) is 36.4 Å². The number of fused-ring (bicyclic) bond motifs is 4. The summed E-state index contributed by atoms with van der Waals surface area (Å²) in [6, 6.07) is 18.0. The van der Waals surface area contributed by atoms with Gasteiger partial charge in [0.2, 0.25) is 0 Å². The lowest BCUT2D eigenvalue weighted by molar-refractivity contribution is 0.667. The fourth-order valence-electron chi connectivity index (χ4n) is 3.00. The Morgan fingerprint density at radius 3 is 2.48 bits per heavy atom. The molecular formula is C19H11N3O. The van der Waals surface area contributed by atoms with E-state index in [1.807, 2.05) is 48.5 Å². The molecule has 0 fully saturated rings. The number of rotatable bonds is 1. The van der Waals surface area contributed by atoms with Gasteiger partial charge in [-0.3, -0.25) is 4.98 Å². The van der Waals surface area contributed by atoms with E-state index in [9.17, 15) is 0 Å². The molecule has 0 bridgehead atoms. The molecule has 2 aromatic carbocycles. The van der Waals surface area contributed by atoms with E-state index in [1.54, 1.807) is 12.5 Å². The Labute approximate surface area is 131 Å². The molecule has 0 aliphatic rings. The first-order valence-electron chi connectivity index (χ1n) is 7.38. The van der Waals surface area contributed by atoms with Gasteiger partial charge in [-0.05, 0) is 23.6 Å². The van der Waals surface area contributed by atoms with Crippen LogP contribution >= 0.6 is 0 Å². The van der Waals surface area contributed by atoms with E-state index in [1.165, 1.54) is 0 Å². The first-order valence-corrected chi connectivity index (χ1v) is 7.38. The molecule has 0 aliphatic carbocycles. The SMILES string of the molecule is c1ccc2c(-c3ncnc4c3oc3ccccc34)nccc2c1. The predicted molar refractivity (Wildman–Crippen MR) is 90.0 cm³/mol. The molecular weight excluding hydrogens is 286 g/mol. The lowest BCUT2D eigenvalue weighted by Crippen LogP contribution is -1.91. The van der Waals surface area contributed by atoms with E-state index in [0.717, 1.165) is 38.6 Å². The fourth-order valence-corrected chi connectivity index (χ4v) is 3.00. The molecule has 3 heterocycles. The van der Waals surface area contributed by atoms with Crippen molar-refractivity contribution < 1.29 is 4.42 Å². The molecule has 3 aromatic heterocycles.